The Morgan fingerprint density at radius 3 is 2.93 bits per heavy atom. The molecule has 0 unspecified atom stereocenters. The minimum atomic E-state index is -0.140. The maximum absolute atomic E-state index is 9.06. The Labute approximate surface area is 105 Å². The third-order valence-corrected chi connectivity index (χ3v) is 3.03. The Morgan fingerprint density at radius 1 is 1.47 bits per heavy atom. The fourth-order valence-electron chi connectivity index (χ4n) is 1.24. The molecule has 0 radical (unpaired) electrons. The van der Waals surface area contributed by atoms with Gasteiger partial charge in [-0.05, 0) is 40.8 Å². The first-order chi connectivity index (χ1) is 7.22. The van der Waals surface area contributed by atoms with Crippen LogP contribution in [0.5, 0.6) is 0 Å². The van der Waals surface area contributed by atoms with Crippen LogP contribution >= 0.6 is 34.2 Å². The van der Waals surface area contributed by atoms with E-state index in [2.05, 4.69) is 32.8 Å². The predicted octanol–water partition coefficient (Wildman–Crippen LogP) is 2.02. The lowest BCUT2D eigenvalue weighted by molar-refractivity contribution is 0.269. The van der Waals surface area contributed by atoms with Gasteiger partial charge in [0.25, 0.3) is 0 Å². The van der Waals surface area contributed by atoms with Crippen LogP contribution in [0.15, 0.2) is 24.5 Å². The van der Waals surface area contributed by atoms with E-state index in [9.17, 15) is 0 Å². The fourth-order valence-corrected chi connectivity index (χ4v) is 2.38. The van der Waals surface area contributed by atoms with Crippen molar-refractivity contribution in [3.8, 4) is 5.69 Å². The number of hydrogen-bond donors (Lipinski definition) is 1. The molecule has 1 aromatic carbocycles. The number of aliphatic hydroxyl groups excluding tert-OH is 1. The van der Waals surface area contributed by atoms with Gasteiger partial charge in [0.05, 0.1) is 5.69 Å². The maximum Gasteiger partial charge on any atom is 0.163 e. The van der Waals surface area contributed by atoms with Gasteiger partial charge < -0.3 is 5.11 Å². The van der Waals surface area contributed by atoms with E-state index >= 15 is 0 Å². The number of benzene rings is 1. The average Bonchev–Trinajstić information content (AvgIpc) is 2.65. The first-order valence-electron chi connectivity index (χ1n) is 4.17. The third-order valence-electron chi connectivity index (χ3n) is 1.93. The smallest absolute Gasteiger partial charge is 0.163 e. The first kappa shape index (κ1) is 10.8. The molecule has 4 nitrogen and oxygen atoms in total. The van der Waals surface area contributed by atoms with Gasteiger partial charge in [-0.3, -0.25) is 4.57 Å². The van der Waals surface area contributed by atoms with Crippen LogP contribution < -0.4 is 0 Å². The normalized spacial score (nSPS) is 10.6. The highest BCUT2D eigenvalue weighted by Crippen LogP contribution is 2.21. The summed E-state index contributed by atoms with van der Waals surface area (Å²) in [5.41, 5.74) is 0.911. The molecule has 0 aliphatic heterocycles. The van der Waals surface area contributed by atoms with Crippen molar-refractivity contribution in [1.29, 1.82) is 0 Å². The Hall–Kier alpha value is -0.660. The average molecular weight is 336 g/mol. The highest BCUT2D eigenvalue weighted by molar-refractivity contribution is 14.1. The molecule has 0 aliphatic carbocycles. The van der Waals surface area contributed by atoms with E-state index < -0.39 is 0 Å². The Morgan fingerprint density at radius 2 is 2.27 bits per heavy atom. The molecule has 0 spiro atoms. The zero-order valence-corrected chi connectivity index (χ0v) is 10.5. The van der Waals surface area contributed by atoms with Gasteiger partial charge in [0.2, 0.25) is 0 Å². The summed E-state index contributed by atoms with van der Waals surface area (Å²) in [4.78, 5) is 0. The summed E-state index contributed by atoms with van der Waals surface area (Å²) in [5.74, 6) is 0.509. The number of rotatable bonds is 2. The van der Waals surface area contributed by atoms with Crippen molar-refractivity contribution in [2.45, 2.75) is 6.61 Å². The lowest BCUT2D eigenvalue weighted by Crippen LogP contribution is -2.01. The molecule has 1 heterocycles. The number of halogens is 2. The van der Waals surface area contributed by atoms with Crippen molar-refractivity contribution in [3.63, 3.8) is 0 Å². The van der Waals surface area contributed by atoms with E-state index in [1.165, 1.54) is 0 Å². The number of aromatic nitrogens is 3. The molecule has 2 aromatic rings. The summed E-state index contributed by atoms with van der Waals surface area (Å²) in [5, 5.41) is 17.3. The van der Waals surface area contributed by atoms with Crippen molar-refractivity contribution >= 4 is 34.2 Å². The summed E-state index contributed by atoms with van der Waals surface area (Å²) < 4.78 is 2.72. The molecule has 2 rings (SSSR count). The zero-order valence-electron chi connectivity index (χ0n) is 7.56. The molecule has 15 heavy (non-hydrogen) atoms. The molecule has 0 atom stereocenters. The summed E-state index contributed by atoms with van der Waals surface area (Å²) in [7, 11) is 0. The zero-order chi connectivity index (χ0) is 10.8. The molecular weight excluding hydrogens is 328 g/mol. The summed E-state index contributed by atoms with van der Waals surface area (Å²) in [6.07, 6.45) is 1.57. The van der Waals surface area contributed by atoms with Crippen LogP contribution in [0.4, 0.5) is 0 Å². The fraction of sp³-hybridized carbons (Fsp3) is 0.111. The van der Waals surface area contributed by atoms with Crippen LogP contribution in [0.25, 0.3) is 5.69 Å². The minimum Gasteiger partial charge on any atom is -0.388 e. The number of hydrogen-bond acceptors (Lipinski definition) is 3. The largest absolute Gasteiger partial charge is 0.388 e. The van der Waals surface area contributed by atoms with E-state index in [4.69, 9.17) is 16.7 Å². The summed E-state index contributed by atoms with van der Waals surface area (Å²) >= 11 is 8.03. The molecule has 0 amide bonds. The molecule has 78 valence electrons. The number of nitrogens with zero attached hydrogens (tertiary/aromatic N) is 3. The third kappa shape index (κ3) is 2.14. The monoisotopic (exact) mass is 335 g/mol. The molecule has 0 saturated carbocycles. The second-order valence-corrected chi connectivity index (χ2v) is 4.47. The lowest BCUT2D eigenvalue weighted by atomic mass is 10.3. The summed E-state index contributed by atoms with van der Waals surface area (Å²) in [6, 6.07) is 5.51. The van der Waals surface area contributed by atoms with Crippen LogP contribution in [0, 0.1) is 3.57 Å². The van der Waals surface area contributed by atoms with Crippen LogP contribution in [-0.2, 0) is 6.61 Å². The molecule has 6 heteroatoms. The van der Waals surface area contributed by atoms with Crippen molar-refractivity contribution in [2.24, 2.45) is 0 Å². The van der Waals surface area contributed by atoms with Crippen molar-refractivity contribution < 1.29 is 5.11 Å². The van der Waals surface area contributed by atoms with Gasteiger partial charge in [0.15, 0.2) is 5.82 Å². The Bertz CT molecular complexity index is 486. The molecule has 1 aromatic heterocycles. The second kappa shape index (κ2) is 4.46. The SMILES string of the molecule is OCc1nncn1-c1ccc(Cl)cc1I. The second-order valence-electron chi connectivity index (χ2n) is 2.87. The molecular formula is C9H7ClIN3O. The molecule has 0 fully saturated rings. The Kier molecular flexibility index (Phi) is 3.22. The van der Waals surface area contributed by atoms with Gasteiger partial charge in [-0.2, -0.15) is 0 Å². The number of aliphatic hydroxyl groups is 1. The highest BCUT2D eigenvalue weighted by Gasteiger charge is 2.08. The van der Waals surface area contributed by atoms with Crippen LogP contribution in [-0.4, -0.2) is 19.9 Å². The minimum absolute atomic E-state index is 0.140. The van der Waals surface area contributed by atoms with E-state index in [-0.39, 0.29) is 6.61 Å². The maximum atomic E-state index is 9.06. The lowest BCUT2D eigenvalue weighted by Gasteiger charge is -2.07. The van der Waals surface area contributed by atoms with Gasteiger partial charge in [0, 0.05) is 8.59 Å². The molecule has 0 saturated heterocycles. The van der Waals surface area contributed by atoms with E-state index in [1.54, 1.807) is 17.0 Å². The van der Waals surface area contributed by atoms with E-state index in [0.717, 1.165) is 9.26 Å². The summed E-state index contributed by atoms with van der Waals surface area (Å²) in [6.45, 7) is -0.140. The van der Waals surface area contributed by atoms with Gasteiger partial charge in [-0.15, -0.1) is 10.2 Å². The standard InChI is InChI=1S/C9H7ClIN3O/c10-6-1-2-8(7(11)3-6)14-5-12-13-9(14)4-15/h1-3,5,15H,4H2. The van der Waals surface area contributed by atoms with Crippen LogP contribution in [0.3, 0.4) is 0 Å². The van der Waals surface area contributed by atoms with Crippen molar-refractivity contribution in [1.82, 2.24) is 14.8 Å². The topological polar surface area (TPSA) is 50.9 Å². The predicted molar refractivity (Wildman–Crippen MR) is 65.0 cm³/mol. The van der Waals surface area contributed by atoms with Gasteiger partial charge in [-0.25, -0.2) is 0 Å². The highest BCUT2D eigenvalue weighted by atomic mass is 127. The molecule has 0 bridgehead atoms. The quantitative estimate of drug-likeness (QED) is 0.854. The Balaban J connectivity index is 2.54. The van der Waals surface area contributed by atoms with E-state index in [1.807, 2.05) is 12.1 Å². The molecule has 1 N–H and O–H groups in total. The molecule has 0 aliphatic rings. The van der Waals surface area contributed by atoms with Gasteiger partial charge in [0.1, 0.15) is 12.9 Å². The van der Waals surface area contributed by atoms with Gasteiger partial charge in [-0.1, -0.05) is 11.6 Å². The van der Waals surface area contributed by atoms with E-state index in [0.29, 0.717) is 10.8 Å². The van der Waals surface area contributed by atoms with Crippen molar-refractivity contribution in [2.75, 3.05) is 0 Å². The first-order valence-corrected chi connectivity index (χ1v) is 5.63. The van der Waals surface area contributed by atoms with Crippen LogP contribution in [0.1, 0.15) is 5.82 Å². The van der Waals surface area contributed by atoms with Crippen molar-refractivity contribution in [3.05, 3.63) is 38.9 Å². The van der Waals surface area contributed by atoms with Gasteiger partial charge >= 0.3 is 0 Å². The van der Waals surface area contributed by atoms with Crippen LogP contribution in [0.2, 0.25) is 5.02 Å².